The summed E-state index contributed by atoms with van der Waals surface area (Å²) >= 11 is 0.904. The SMILES string of the molecule is Cc1c(C(F)(F)F)sc2c1CNCC2. The molecule has 5 heteroatoms. The van der Waals surface area contributed by atoms with Gasteiger partial charge >= 0.3 is 6.18 Å². The van der Waals surface area contributed by atoms with Crippen molar-refractivity contribution in [2.24, 2.45) is 0 Å². The van der Waals surface area contributed by atoms with Crippen LogP contribution in [0, 0.1) is 6.92 Å². The highest BCUT2D eigenvalue weighted by Crippen LogP contribution is 2.41. The van der Waals surface area contributed by atoms with E-state index in [0.717, 1.165) is 34.7 Å². The predicted octanol–water partition coefficient (Wildman–Crippen LogP) is 2.72. The minimum Gasteiger partial charge on any atom is -0.312 e. The molecule has 14 heavy (non-hydrogen) atoms. The Balaban J connectivity index is 2.49. The van der Waals surface area contributed by atoms with Crippen LogP contribution in [0.25, 0.3) is 0 Å². The van der Waals surface area contributed by atoms with Crippen LogP contribution in [0.4, 0.5) is 13.2 Å². The van der Waals surface area contributed by atoms with E-state index in [1.807, 2.05) is 0 Å². The first-order valence-electron chi connectivity index (χ1n) is 4.39. The van der Waals surface area contributed by atoms with Crippen LogP contribution in [0.1, 0.15) is 20.9 Å². The van der Waals surface area contributed by atoms with Crippen molar-refractivity contribution in [1.82, 2.24) is 5.32 Å². The second kappa shape index (κ2) is 3.24. The van der Waals surface area contributed by atoms with Crippen molar-refractivity contribution in [3.8, 4) is 0 Å². The standard InChI is InChI=1S/C9H10F3NS/c1-5-6-4-13-3-2-7(6)14-8(5)9(10,11)12/h13H,2-4H2,1H3. The van der Waals surface area contributed by atoms with Gasteiger partial charge in [-0.25, -0.2) is 0 Å². The fourth-order valence-corrected chi connectivity index (χ4v) is 2.92. The third kappa shape index (κ3) is 1.54. The summed E-state index contributed by atoms with van der Waals surface area (Å²) in [6, 6.07) is 0. The lowest BCUT2D eigenvalue weighted by atomic mass is 10.1. The van der Waals surface area contributed by atoms with Crippen molar-refractivity contribution >= 4 is 11.3 Å². The van der Waals surface area contributed by atoms with Gasteiger partial charge in [0.15, 0.2) is 0 Å². The van der Waals surface area contributed by atoms with Gasteiger partial charge in [-0.15, -0.1) is 11.3 Å². The minimum atomic E-state index is -4.19. The molecule has 1 aromatic rings. The van der Waals surface area contributed by atoms with Crippen LogP contribution in [-0.2, 0) is 19.1 Å². The summed E-state index contributed by atoms with van der Waals surface area (Å²) in [7, 11) is 0. The van der Waals surface area contributed by atoms with Crippen LogP contribution in [0.15, 0.2) is 0 Å². The van der Waals surface area contributed by atoms with Crippen LogP contribution in [0.5, 0.6) is 0 Å². The first-order valence-corrected chi connectivity index (χ1v) is 5.21. The highest BCUT2D eigenvalue weighted by molar-refractivity contribution is 7.12. The van der Waals surface area contributed by atoms with Gasteiger partial charge in [0.1, 0.15) is 4.88 Å². The zero-order chi connectivity index (χ0) is 10.3. The molecule has 0 spiro atoms. The molecule has 1 aliphatic heterocycles. The largest absolute Gasteiger partial charge is 0.425 e. The van der Waals surface area contributed by atoms with Crippen molar-refractivity contribution in [3.63, 3.8) is 0 Å². The Kier molecular flexibility index (Phi) is 2.31. The Bertz CT molecular complexity index is 354. The minimum absolute atomic E-state index is 0.407. The maximum Gasteiger partial charge on any atom is 0.425 e. The average molecular weight is 221 g/mol. The molecule has 0 saturated carbocycles. The van der Waals surface area contributed by atoms with Gasteiger partial charge in [-0.05, 0) is 24.5 Å². The Labute approximate surface area is 83.9 Å². The molecule has 78 valence electrons. The quantitative estimate of drug-likeness (QED) is 0.710. The predicted molar refractivity (Wildman–Crippen MR) is 49.5 cm³/mol. The average Bonchev–Trinajstić information content (AvgIpc) is 2.44. The summed E-state index contributed by atoms with van der Waals surface area (Å²) in [5.74, 6) is 0. The fourth-order valence-electron chi connectivity index (χ4n) is 1.73. The smallest absolute Gasteiger partial charge is 0.312 e. The zero-order valence-electron chi connectivity index (χ0n) is 7.66. The summed E-state index contributed by atoms with van der Waals surface area (Å²) in [5, 5.41) is 3.09. The van der Waals surface area contributed by atoms with E-state index in [2.05, 4.69) is 5.32 Å². The number of halogens is 3. The van der Waals surface area contributed by atoms with Gasteiger partial charge in [-0.3, -0.25) is 0 Å². The van der Waals surface area contributed by atoms with Crippen molar-refractivity contribution in [2.75, 3.05) is 6.54 Å². The van der Waals surface area contributed by atoms with Gasteiger partial charge in [0.05, 0.1) is 0 Å². The molecule has 1 aromatic heterocycles. The highest BCUT2D eigenvalue weighted by Gasteiger charge is 2.36. The topological polar surface area (TPSA) is 12.0 Å². The number of hydrogen-bond acceptors (Lipinski definition) is 2. The van der Waals surface area contributed by atoms with E-state index in [4.69, 9.17) is 0 Å². The molecule has 0 fully saturated rings. The highest BCUT2D eigenvalue weighted by atomic mass is 32.1. The van der Waals surface area contributed by atoms with Gasteiger partial charge in [0.25, 0.3) is 0 Å². The van der Waals surface area contributed by atoms with Crippen molar-refractivity contribution < 1.29 is 13.2 Å². The van der Waals surface area contributed by atoms with Gasteiger partial charge in [0, 0.05) is 18.0 Å². The number of hydrogen-bond donors (Lipinski definition) is 1. The van der Waals surface area contributed by atoms with Crippen molar-refractivity contribution in [3.05, 3.63) is 20.9 Å². The van der Waals surface area contributed by atoms with Crippen LogP contribution in [0.2, 0.25) is 0 Å². The van der Waals surface area contributed by atoms with Crippen LogP contribution >= 0.6 is 11.3 Å². The normalized spacial score (nSPS) is 16.9. The molecule has 1 aliphatic rings. The third-order valence-electron chi connectivity index (χ3n) is 2.44. The lowest BCUT2D eigenvalue weighted by Crippen LogP contribution is -2.22. The van der Waals surface area contributed by atoms with E-state index in [1.165, 1.54) is 0 Å². The molecule has 0 atom stereocenters. The Morgan fingerprint density at radius 2 is 2.07 bits per heavy atom. The molecule has 0 unspecified atom stereocenters. The Morgan fingerprint density at radius 1 is 1.36 bits per heavy atom. The lowest BCUT2D eigenvalue weighted by Gasteiger charge is -2.12. The molecule has 2 heterocycles. The maximum atomic E-state index is 12.5. The van der Waals surface area contributed by atoms with E-state index in [9.17, 15) is 13.2 Å². The molecular formula is C9H10F3NS. The van der Waals surface area contributed by atoms with E-state index in [0.29, 0.717) is 12.1 Å². The van der Waals surface area contributed by atoms with Gasteiger partial charge in [0.2, 0.25) is 0 Å². The summed E-state index contributed by atoms with van der Waals surface area (Å²) in [4.78, 5) is 0.472. The summed E-state index contributed by atoms with van der Waals surface area (Å²) in [6.45, 7) is 2.92. The Hall–Kier alpha value is -0.550. The second-order valence-electron chi connectivity index (χ2n) is 3.38. The molecule has 0 aromatic carbocycles. The van der Waals surface area contributed by atoms with Crippen molar-refractivity contribution in [1.29, 1.82) is 0 Å². The third-order valence-corrected chi connectivity index (χ3v) is 3.88. The summed E-state index contributed by atoms with van der Waals surface area (Å²) in [6.07, 6.45) is -3.47. The maximum absolute atomic E-state index is 12.5. The van der Waals surface area contributed by atoms with E-state index < -0.39 is 11.1 Å². The molecular weight excluding hydrogens is 211 g/mol. The summed E-state index contributed by atoms with van der Waals surface area (Å²) in [5.41, 5.74) is 1.26. The van der Waals surface area contributed by atoms with Gasteiger partial charge in [-0.2, -0.15) is 13.2 Å². The van der Waals surface area contributed by atoms with Crippen LogP contribution < -0.4 is 5.32 Å². The number of fused-ring (bicyclic) bond motifs is 1. The monoisotopic (exact) mass is 221 g/mol. The van der Waals surface area contributed by atoms with Crippen LogP contribution in [-0.4, -0.2) is 6.54 Å². The van der Waals surface area contributed by atoms with E-state index in [-0.39, 0.29) is 0 Å². The van der Waals surface area contributed by atoms with Crippen LogP contribution in [0.3, 0.4) is 0 Å². The fraction of sp³-hybridized carbons (Fsp3) is 0.556. The molecule has 1 nitrogen and oxygen atoms in total. The van der Waals surface area contributed by atoms with Crippen molar-refractivity contribution in [2.45, 2.75) is 26.1 Å². The number of alkyl halides is 3. The number of nitrogens with one attached hydrogen (secondary N) is 1. The molecule has 0 aliphatic carbocycles. The molecule has 0 amide bonds. The summed E-state index contributed by atoms with van der Waals surface area (Å²) < 4.78 is 37.6. The van der Waals surface area contributed by atoms with E-state index in [1.54, 1.807) is 6.92 Å². The number of rotatable bonds is 0. The zero-order valence-corrected chi connectivity index (χ0v) is 8.48. The molecule has 2 rings (SSSR count). The first kappa shape index (κ1) is 9.98. The lowest BCUT2D eigenvalue weighted by molar-refractivity contribution is -0.134. The van der Waals surface area contributed by atoms with Gasteiger partial charge < -0.3 is 5.32 Å². The van der Waals surface area contributed by atoms with E-state index >= 15 is 0 Å². The van der Waals surface area contributed by atoms with Gasteiger partial charge in [-0.1, -0.05) is 0 Å². The second-order valence-corrected chi connectivity index (χ2v) is 4.49. The molecule has 0 bridgehead atoms. The first-order chi connectivity index (χ1) is 6.50. The number of thiophene rings is 1. The molecule has 0 saturated heterocycles. The molecule has 1 N–H and O–H groups in total. The molecule has 0 radical (unpaired) electrons. The Morgan fingerprint density at radius 3 is 2.64 bits per heavy atom.